The minimum atomic E-state index is -1.23. The predicted molar refractivity (Wildman–Crippen MR) is 65.8 cm³/mol. The molecule has 0 saturated heterocycles. The molecule has 0 unspecified atom stereocenters. The fourth-order valence-electron chi connectivity index (χ4n) is 1.46. The third-order valence-corrected chi connectivity index (χ3v) is 2.40. The third kappa shape index (κ3) is 2.49. The Morgan fingerprint density at radius 3 is 2.21 bits per heavy atom. The first kappa shape index (κ1) is 12.5. The van der Waals surface area contributed by atoms with E-state index in [4.69, 9.17) is 15.9 Å². The molecule has 0 atom stereocenters. The molecule has 2 aromatic rings. The van der Waals surface area contributed by atoms with E-state index in [-0.39, 0.29) is 16.9 Å². The van der Waals surface area contributed by atoms with Gasteiger partial charge in [0.2, 0.25) is 0 Å². The first-order valence-corrected chi connectivity index (χ1v) is 5.18. The van der Waals surface area contributed by atoms with Crippen molar-refractivity contribution in [3.63, 3.8) is 0 Å². The molecule has 2 heterocycles. The second-order valence-electron chi connectivity index (χ2n) is 3.68. The summed E-state index contributed by atoms with van der Waals surface area (Å²) in [5.74, 6) is -2.32. The lowest BCUT2D eigenvalue weighted by Gasteiger charge is -2.04. The van der Waals surface area contributed by atoms with Gasteiger partial charge in [-0.2, -0.15) is 0 Å². The number of aromatic carboxylic acids is 2. The Kier molecular flexibility index (Phi) is 3.11. The van der Waals surface area contributed by atoms with Crippen molar-refractivity contribution in [1.29, 1.82) is 0 Å². The zero-order valence-electron chi connectivity index (χ0n) is 9.57. The highest BCUT2D eigenvalue weighted by Crippen LogP contribution is 2.18. The Hall–Kier alpha value is -2.96. The van der Waals surface area contributed by atoms with Crippen LogP contribution in [0.2, 0.25) is 0 Å². The molecule has 0 aliphatic rings. The van der Waals surface area contributed by atoms with Gasteiger partial charge in [-0.3, -0.25) is 4.98 Å². The van der Waals surface area contributed by atoms with E-state index in [9.17, 15) is 9.59 Å². The number of hydrogen-bond donors (Lipinski definition) is 3. The molecular weight excluding hydrogens is 250 g/mol. The highest BCUT2D eigenvalue weighted by Gasteiger charge is 2.12. The van der Waals surface area contributed by atoms with Crippen molar-refractivity contribution in [2.24, 2.45) is 0 Å². The van der Waals surface area contributed by atoms with Gasteiger partial charge in [0, 0.05) is 6.20 Å². The van der Waals surface area contributed by atoms with E-state index in [0.29, 0.717) is 11.4 Å². The van der Waals surface area contributed by atoms with Crippen LogP contribution in [0.5, 0.6) is 0 Å². The molecular formula is C12H9N3O4. The minimum Gasteiger partial charge on any atom is -0.478 e. The van der Waals surface area contributed by atoms with Gasteiger partial charge in [-0.15, -0.1) is 0 Å². The van der Waals surface area contributed by atoms with Gasteiger partial charge in [-0.25, -0.2) is 14.6 Å². The Labute approximate surface area is 107 Å². The van der Waals surface area contributed by atoms with Gasteiger partial charge in [0.15, 0.2) is 5.69 Å². The van der Waals surface area contributed by atoms with E-state index >= 15 is 0 Å². The van der Waals surface area contributed by atoms with Crippen molar-refractivity contribution in [3.8, 4) is 11.4 Å². The summed E-state index contributed by atoms with van der Waals surface area (Å²) in [5, 5.41) is 17.7. The summed E-state index contributed by atoms with van der Waals surface area (Å²) < 4.78 is 0. The molecule has 7 heteroatoms. The summed E-state index contributed by atoms with van der Waals surface area (Å²) in [6.07, 6.45) is 1.18. The van der Waals surface area contributed by atoms with Crippen LogP contribution in [0, 0.1) is 0 Å². The number of hydrogen-bond acceptors (Lipinski definition) is 5. The van der Waals surface area contributed by atoms with E-state index in [1.807, 2.05) is 0 Å². The summed E-state index contributed by atoms with van der Waals surface area (Å²) in [7, 11) is 0. The maximum atomic E-state index is 10.9. The zero-order valence-corrected chi connectivity index (χ0v) is 9.57. The Bertz CT molecular complexity index is 653. The Morgan fingerprint density at radius 2 is 1.68 bits per heavy atom. The molecule has 0 aromatic carbocycles. The second kappa shape index (κ2) is 4.73. The molecule has 2 aromatic heterocycles. The van der Waals surface area contributed by atoms with Crippen molar-refractivity contribution in [1.82, 2.24) is 9.97 Å². The van der Waals surface area contributed by atoms with Gasteiger partial charge in [0.05, 0.1) is 22.6 Å². The zero-order chi connectivity index (χ0) is 14.0. The molecule has 0 amide bonds. The topological polar surface area (TPSA) is 126 Å². The lowest BCUT2D eigenvalue weighted by atomic mass is 10.2. The van der Waals surface area contributed by atoms with Crippen molar-refractivity contribution in [3.05, 3.63) is 41.7 Å². The summed E-state index contributed by atoms with van der Waals surface area (Å²) in [5.41, 5.74) is 6.00. The van der Waals surface area contributed by atoms with E-state index < -0.39 is 11.9 Å². The van der Waals surface area contributed by atoms with Crippen LogP contribution in [0.4, 0.5) is 5.69 Å². The fraction of sp³-hybridized carbons (Fsp3) is 0. The first-order chi connectivity index (χ1) is 8.99. The number of nitrogens with zero attached hydrogens (tertiary/aromatic N) is 2. The van der Waals surface area contributed by atoms with E-state index in [0.717, 1.165) is 0 Å². The molecule has 0 radical (unpaired) electrons. The lowest BCUT2D eigenvalue weighted by Crippen LogP contribution is -2.06. The summed E-state index contributed by atoms with van der Waals surface area (Å²) in [4.78, 5) is 29.4. The van der Waals surface area contributed by atoms with Gasteiger partial charge in [0.1, 0.15) is 0 Å². The van der Waals surface area contributed by atoms with Crippen molar-refractivity contribution in [2.45, 2.75) is 0 Å². The fourth-order valence-corrected chi connectivity index (χ4v) is 1.46. The number of nitrogen functional groups attached to an aromatic ring is 1. The van der Waals surface area contributed by atoms with E-state index in [1.54, 1.807) is 0 Å². The van der Waals surface area contributed by atoms with Crippen LogP contribution in [0.25, 0.3) is 11.4 Å². The van der Waals surface area contributed by atoms with Crippen molar-refractivity contribution in [2.75, 3.05) is 5.73 Å². The van der Waals surface area contributed by atoms with Crippen molar-refractivity contribution >= 4 is 17.6 Å². The average Bonchev–Trinajstić information content (AvgIpc) is 2.39. The van der Waals surface area contributed by atoms with Gasteiger partial charge in [0.25, 0.3) is 0 Å². The molecule has 7 nitrogen and oxygen atoms in total. The van der Waals surface area contributed by atoms with E-state index in [1.165, 1.54) is 30.5 Å². The van der Waals surface area contributed by atoms with Gasteiger partial charge in [-0.05, 0) is 24.3 Å². The second-order valence-corrected chi connectivity index (χ2v) is 3.68. The van der Waals surface area contributed by atoms with E-state index in [2.05, 4.69) is 9.97 Å². The quantitative estimate of drug-likeness (QED) is 0.753. The molecule has 0 aliphatic carbocycles. The number of aromatic nitrogens is 2. The third-order valence-electron chi connectivity index (χ3n) is 2.40. The number of anilines is 1. The average molecular weight is 259 g/mol. The number of nitrogens with two attached hydrogens (primary N) is 1. The van der Waals surface area contributed by atoms with Crippen LogP contribution in [0.15, 0.2) is 30.5 Å². The number of rotatable bonds is 3. The highest BCUT2D eigenvalue weighted by molar-refractivity contribution is 5.92. The highest BCUT2D eigenvalue weighted by atomic mass is 16.4. The maximum Gasteiger partial charge on any atom is 0.356 e. The number of pyridine rings is 2. The van der Waals surface area contributed by atoms with Crippen LogP contribution in [-0.4, -0.2) is 32.1 Å². The van der Waals surface area contributed by atoms with Crippen LogP contribution >= 0.6 is 0 Å². The maximum absolute atomic E-state index is 10.9. The molecule has 0 aliphatic heterocycles. The molecule has 19 heavy (non-hydrogen) atoms. The van der Waals surface area contributed by atoms with Crippen LogP contribution in [0.1, 0.15) is 20.8 Å². The SMILES string of the molecule is Nc1ccc(-c2ccc(C(=O)O)cn2)nc1C(=O)O. The van der Waals surface area contributed by atoms with Gasteiger partial charge in [-0.1, -0.05) is 0 Å². The number of carboxylic acid groups (broad SMARTS) is 2. The minimum absolute atomic E-state index is 0.0395. The molecule has 0 saturated carbocycles. The van der Waals surface area contributed by atoms with Crippen LogP contribution < -0.4 is 5.73 Å². The number of carbonyl (C=O) groups is 2. The summed E-state index contributed by atoms with van der Waals surface area (Å²) in [6, 6.07) is 5.75. The summed E-state index contributed by atoms with van der Waals surface area (Å²) >= 11 is 0. The monoisotopic (exact) mass is 259 g/mol. The normalized spacial score (nSPS) is 10.1. The summed E-state index contributed by atoms with van der Waals surface area (Å²) in [6.45, 7) is 0. The molecule has 0 fully saturated rings. The van der Waals surface area contributed by atoms with Crippen LogP contribution in [-0.2, 0) is 0 Å². The largest absolute Gasteiger partial charge is 0.478 e. The van der Waals surface area contributed by atoms with Crippen LogP contribution in [0.3, 0.4) is 0 Å². The first-order valence-electron chi connectivity index (χ1n) is 5.18. The predicted octanol–water partition coefficient (Wildman–Crippen LogP) is 1.12. The number of carboxylic acids is 2. The van der Waals surface area contributed by atoms with Gasteiger partial charge >= 0.3 is 11.9 Å². The Balaban J connectivity index is 2.44. The standard InChI is InChI=1S/C12H9N3O4/c13-7-2-4-9(15-10(7)12(18)19)8-3-1-6(5-14-8)11(16)17/h1-5H,13H2,(H,16,17)(H,18,19). The lowest BCUT2D eigenvalue weighted by molar-refractivity contribution is 0.0683. The molecule has 96 valence electrons. The van der Waals surface area contributed by atoms with Gasteiger partial charge < -0.3 is 15.9 Å². The molecule has 0 bridgehead atoms. The molecule has 2 rings (SSSR count). The Morgan fingerprint density at radius 1 is 1.00 bits per heavy atom. The molecule has 4 N–H and O–H groups in total. The van der Waals surface area contributed by atoms with Crippen molar-refractivity contribution < 1.29 is 19.8 Å². The smallest absolute Gasteiger partial charge is 0.356 e. The molecule has 0 spiro atoms.